The summed E-state index contributed by atoms with van der Waals surface area (Å²) in [5.41, 5.74) is 0. The summed E-state index contributed by atoms with van der Waals surface area (Å²) < 4.78 is 0. The van der Waals surface area contributed by atoms with Crippen molar-refractivity contribution in [2.24, 2.45) is 0 Å². The minimum absolute atomic E-state index is 1.38. The van der Waals surface area contributed by atoms with Gasteiger partial charge in [-0.15, -0.1) is 6.58 Å². The van der Waals surface area contributed by atoms with Crippen molar-refractivity contribution in [1.29, 1.82) is 0 Å². The van der Waals surface area contributed by atoms with Crippen LogP contribution >= 0.6 is 0 Å². The number of rotatable bonds is 0. The zero-order valence-electron chi connectivity index (χ0n) is 6.10. The first-order chi connectivity index (χ1) is 4.41. The molecule has 1 rings (SSSR count). The Balaban J connectivity index is 0.000000187. The highest BCUT2D eigenvalue weighted by Crippen LogP contribution is 2.14. The third-order valence-corrected chi connectivity index (χ3v) is 1.32. The highest BCUT2D eigenvalue weighted by Gasteiger charge is 1.95. The lowest BCUT2D eigenvalue weighted by Crippen LogP contribution is -1.87. The molecular formula is C9H16. The Labute approximate surface area is 59.0 Å². The van der Waals surface area contributed by atoms with E-state index < -0.39 is 0 Å². The predicted octanol–water partition coefficient (Wildman–Crippen LogP) is 3.16. The van der Waals surface area contributed by atoms with Gasteiger partial charge in [-0.1, -0.05) is 38.2 Å². The molecule has 0 N–H and O–H groups in total. The van der Waals surface area contributed by atoms with Gasteiger partial charge in [0.15, 0.2) is 0 Å². The van der Waals surface area contributed by atoms with Crippen molar-refractivity contribution >= 4 is 0 Å². The minimum Gasteiger partial charge on any atom is -0.103 e. The van der Waals surface area contributed by atoms with Crippen LogP contribution in [0.1, 0.15) is 32.1 Å². The molecule has 0 aromatic rings. The monoisotopic (exact) mass is 124 g/mol. The van der Waals surface area contributed by atoms with Gasteiger partial charge in [0, 0.05) is 0 Å². The molecule has 0 aliphatic heterocycles. The molecule has 0 heterocycles. The Morgan fingerprint density at radius 1 is 1.11 bits per heavy atom. The van der Waals surface area contributed by atoms with Crippen molar-refractivity contribution in [2.75, 3.05) is 0 Å². The second-order valence-corrected chi connectivity index (χ2v) is 2.22. The average Bonchev–Trinajstić information content (AvgIpc) is 1.93. The van der Waals surface area contributed by atoms with Crippen LogP contribution in [-0.4, -0.2) is 0 Å². The summed E-state index contributed by atoms with van der Waals surface area (Å²) in [6.45, 7) is 6.50. The molecule has 52 valence electrons. The molecule has 0 aromatic carbocycles. The van der Waals surface area contributed by atoms with Crippen LogP contribution < -0.4 is 0 Å². The van der Waals surface area contributed by atoms with E-state index in [-0.39, 0.29) is 0 Å². The molecule has 0 heteroatoms. The zero-order chi connectivity index (χ0) is 6.95. The first kappa shape index (κ1) is 8.74. The lowest BCUT2D eigenvalue weighted by molar-refractivity contribution is 0.593. The fourth-order valence-electron chi connectivity index (χ4n) is 0.898. The van der Waals surface area contributed by atoms with Gasteiger partial charge in [0.2, 0.25) is 0 Å². The van der Waals surface area contributed by atoms with Crippen LogP contribution in [0.15, 0.2) is 12.7 Å². The predicted molar refractivity (Wildman–Crippen MR) is 42.9 cm³/mol. The summed E-state index contributed by atoms with van der Waals surface area (Å²) in [5.74, 6) is 0. The van der Waals surface area contributed by atoms with Crippen LogP contribution in [0, 0.1) is 13.3 Å². The molecule has 1 aliphatic carbocycles. The Hall–Kier alpha value is -0.260. The van der Waals surface area contributed by atoms with Crippen LogP contribution in [0.25, 0.3) is 0 Å². The average molecular weight is 124 g/mol. The molecule has 0 aromatic heterocycles. The molecule has 0 unspecified atom stereocenters. The molecule has 0 spiro atoms. The van der Waals surface area contributed by atoms with Gasteiger partial charge in [-0.25, -0.2) is 0 Å². The Bertz CT molecular complexity index is 39.5. The van der Waals surface area contributed by atoms with Crippen LogP contribution in [0.2, 0.25) is 0 Å². The van der Waals surface area contributed by atoms with Crippen molar-refractivity contribution in [3.05, 3.63) is 26.0 Å². The number of allylic oxidation sites excluding steroid dienone is 1. The highest BCUT2D eigenvalue weighted by atomic mass is 14.0. The summed E-state index contributed by atoms with van der Waals surface area (Å²) in [6, 6.07) is 0. The van der Waals surface area contributed by atoms with Gasteiger partial charge in [-0.2, -0.15) is 0 Å². The van der Waals surface area contributed by atoms with E-state index >= 15 is 0 Å². The van der Waals surface area contributed by atoms with Gasteiger partial charge < -0.3 is 0 Å². The molecule has 0 bridgehead atoms. The van der Waals surface area contributed by atoms with Crippen molar-refractivity contribution < 1.29 is 0 Å². The second-order valence-electron chi connectivity index (χ2n) is 2.22. The molecule has 0 nitrogen and oxygen atoms in total. The lowest BCUT2D eigenvalue weighted by atomic mass is 10.0. The van der Waals surface area contributed by atoms with Crippen LogP contribution in [0.4, 0.5) is 0 Å². The second kappa shape index (κ2) is 7.74. The van der Waals surface area contributed by atoms with Crippen LogP contribution in [0.5, 0.6) is 0 Å². The van der Waals surface area contributed by atoms with E-state index in [2.05, 4.69) is 19.9 Å². The van der Waals surface area contributed by atoms with E-state index in [1.807, 2.05) is 0 Å². The maximum absolute atomic E-state index is 3.25. The summed E-state index contributed by atoms with van der Waals surface area (Å²) in [5, 5.41) is 0. The standard InChI is InChI=1S/C6H11.C3H5/c1-2-4-6-5-3-1;1-3-2/h1H,2-6H2;3H,1-2H2. The minimum atomic E-state index is 1.38. The first-order valence-corrected chi connectivity index (χ1v) is 3.63. The van der Waals surface area contributed by atoms with Gasteiger partial charge in [-0.3, -0.25) is 0 Å². The fraction of sp³-hybridized carbons (Fsp3) is 0.556. The summed E-state index contributed by atoms with van der Waals surface area (Å²) in [4.78, 5) is 0. The molecule has 0 amide bonds. The van der Waals surface area contributed by atoms with Gasteiger partial charge in [-0.05, 0) is 13.3 Å². The third-order valence-electron chi connectivity index (χ3n) is 1.32. The Morgan fingerprint density at radius 2 is 1.56 bits per heavy atom. The van der Waals surface area contributed by atoms with Crippen molar-refractivity contribution in [2.45, 2.75) is 32.1 Å². The van der Waals surface area contributed by atoms with Gasteiger partial charge in [0.05, 0.1) is 0 Å². The van der Waals surface area contributed by atoms with Crippen molar-refractivity contribution in [3.63, 3.8) is 0 Å². The van der Waals surface area contributed by atoms with Gasteiger partial charge >= 0.3 is 0 Å². The van der Waals surface area contributed by atoms with E-state index in [1.165, 1.54) is 38.2 Å². The molecule has 1 aliphatic rings. The molecule has 1 saturated carbocycles. The Morgan fingerprint density at radius 3 is 1.67 bits per heavy atom. The number of hydrogen-bond donors (Lipinski definition) is 0. The first-order valence-electron chi connectivity index (χ1n) is 3.63. The fourth-order valence-corrected chi connectivity index (χ4v) is 0.898. The van der Waals surface area contributed by atoms with E-state index in [9.17, 15) is 0 Å². The van der Waals surface area contributed by atoms with E-state index in [4.69, 9.17) is 0 Å². The lowest BCUT2D eigenvalue weighted by Gasteiger charge is -2.05. The third kappa shape index (κ3) is 7.74. The maximum Gasteiger partial charge on any atom is -0.0319 e. The van der Waals surface area contributed by atoms with Crippen molar-refractivity contribution in [3.8, 4) is 0 Å². The molecule has 9 heavy (non-hydrogen) atoms. The SMILES string of the molecule is [CH2]C=C.[CH]1CCCCC1. The largest absolute Gasteiger partial charge is 0.103 e. The molecule has 1 fully saturated rings. The van der Waals surface area contributed by atoms with Gasteiger partial charge in [0.1, 0.15) is 0 Å². The van der Waals surface area contributed by atoms with Gasteiger partial charge in [0.25, 0.3) is 0 Å². The molecule has 0 atom stereocenters. The van der Waals surface area contributed by atoms with Crippen molar-refractivity contribution in [1.82, 2.24) is 0 Å². The zero-order valence-corrected chi connectivity index (χ0v) is 6.10. The Kier molecular flexibility index (Phi) is 7.52. The smallest absolute Gasteiger partial charge is 0.0319 e. The maximum atomic E-state index is 3.25. The normalized spacial score (nSPS) is 17.4. The quantitative estimate of drug-likeness (QED) is 0.465. The summed E-state index contributed by atoms with van der Waals surface area (Å²) in [7, 11) is 0. The van der Waals surface area contributed by atoms with Crippen LogP contribution in [0.3, 0.4) is 0 Å². The van der Waals surface area contributed by atoms with E-state index in [0.29, 0.717) is 0 Å². The molecule has 2 radical (unpaired) electrons. The highest BCUT2D eigenvalue weighted by molar-refractivity contribution is 4.69. The summed E-state index contributed by atoms with van der Waals surface area (Å²) >= 11 is 0. The van der Waals surface area contributed by atoms with Crippen LogP contribution in [-0.2, 0) is 0 Å². The topological polar surface area (TPSA) is 0 Å². The molecular weight excluding hydrogens is 108 g/mol. The number of hydrogen-bond acceptors (Lipinski definition) is 0. The summed E-state index contributed by atoms with van der Waals surface area (Å²) in [6.07, 6.45) is 11.0. The van der Waals surface area contributed by atoms with E-state index in [1.54, 1.807) is 0 Å². The molecule has 0 saturated heterocycles. The van der Waals surface area contributed by atoms with E-state index in [0.717, 1.165) is 0 Å².